The van der Waals surface area contributed by atoms with E-state index in [1.807, 2.05) is 24.3 Å². The van der Waals surface area contributed by atoms with E-state index in [2.05, 4.69) is 10.3 Å². The van der Waals surface area contributed by atoms with Gasteiger partial charge in [0.1, 0.15) is 17.7 Å². The minimum Gasteiger partial charge on any atom is -0.457 e. The predicted molar refractivity (Wildman–Crippen MR) is 99.4 cm³/mol. The maximum absolute atomic E-state index is 12.2. The smallest absolute Gasteiger partial charge is 0.328 e. The van der Waals surface area contributed by atoms with Crippen molar-refractivity contribution < 1.29 is 19.2 Å². The highest BCUT2D eigenvalue weighted by molar-refractivity contribution is 7.18. The molecule has 1 atom stereocenters. The van der Waals surface area contributed by atoms with E-state index in [0.717, 1.165) is 16.3 Å². The average Bonchev–Trinajstić information content (AvgIpc) is 3.09. The average molecular weight is 385 g/mol. The largest absolute Gasteiger partial charge is 0.457 e. The Morgan fingerprint density at radius 1 is 1.26 bits per heavy atom. The Morgan fingerprint density at radius 3 is 2.78 bits per heavy atom. The zero-order valence-electron chi connectivity index (χ0n) is 14.2. The predicted octanol–water partition coefficient (Wildman–Crippen LogP) is 3.07. The molecule has 1 aromatic heterocycles. The molecule has 0 bridgehead atoms. The maximum atomic E-state index is 12.2. The summed E-state index contributed by atoms with van der Waals surface area (Å²) in [6, 6.07) is 11.9. The van der Waals surface area contributed by atoms with Gasteiger partial charge in [0.15, 0.2) is 0 Å². The summed E-state index contributed by atoms with van der Waals surface area (Å²) in [5, 5.41) is 13.9. The lowest BCUT2D eigenvalue weighted by Crippen LogP contribution is -2.39. The number of aromatic nitrogens is 1. The summed E-state index contributed by atoms with van der Waals surface area (Å²) in [5.41, 5.74) is 0.726. The molecular weight excluding hydrogens is 370 g/mol. The van der Waals surface area contributed by atoms with Crippen LogP contribution >= 0.6 is 11.3 Å². The number of benzene rings is 2. The minimum absolute atomic E-state index is 0.00913. The molecule has 0 fully saturated rings. The first-order valence-corrected chi connectivity index (χ1v) is 8.82. The van der Waals surface area contributed by atoms with Crippen molar-refractivity contribution in [2.75, 3.05) is 0 Å². The number of nitrogens with zero attached hydrogens (tertiary/aromatic N) is 2. The van der Waals surface area contributed by atoms with Crippen molar-refractivity contribution in [1.82, 2.24) is 10.3 Å². The lowest BCUT2D eigenvalue weighted by molar-refractivity contribution is -0.384. The molecule has 0 aliphatic carbocycles. The van der Waals surface area contributed by atoms with Crippen molar-refractivity contribution in [2.24, 2.45) is 0 Å². The van der Waals surface area contributed by atoms with Crippen molar-refractivity contribution in [1.29, 1.82) is 0 Å². The molecule has 0 radical (unpaired) electrons. The Kier molecular flexibility index (Phi) is 5.41. The van der Waals surface area contributed by atoms with Gasteiger partial charge in [-0.1, -0.05) is 18.2 Å². The molecule has 0 unspecified atom stereocenters. The molecule has 0 saturated heterocycles. The number of fused-ring (bicyclic) bond motifs is 1. The molecule has 1 heterocycles. The quantitative estimate of drug-likeness (QED) is 0.396. The number of nitro groups is 1. The number of para-hydroxylation sites is 1. The molecule has 0 aliphatic rings. The Morgan fingerprint density at radius 2 is 2.04 bits per heavy atom. The number of nitro benzene ring substituents is 1. The summed E-state index contributed by atoms with van der Waals surface area (Å²) in [5.74, 6) is -1.21. The number of rotatable bonds is 6. The molecule has 0 saturated carbocycles. The van der Waals surface area contributed by atoms with Crippen molar-refractivity contribution in [2.45, 2.75) is 19.6 Å². The minimum atomic E-state index is -0.911. The Hall–Kier alpha value is -3.33. The molecule has 8 nitrogen and oxygen atoms in total. The van der Waals surface area contributed by atoms with E-state index in [0.29, 0.717) is 5.01 Å². The SMILES string of the molecule is C[C@H](NC(=O)c1cccc([N+](=O)[O-])c1)C(=O)OCc1nc2ccccc2s1. The van der Waals surface area contributed by atoms with E-state index in [9.17, 15) is 19.7 Å². The van der Waals surface area contributed by atoms with Gasteiger partial charge in [-0.2, -0.15) is 0 Å². The number of carbonyl (C=O) groups is 2. The molecule has 1 amide bonds. The molecule has 3 rings (SSSR count). The highest BCUT2D eigenvalue weighted by Crippen LogP contribution is 2.22. The Balaban J connectivity index is 1.57. The molecule has 0 spiro atoms. The van der Waals surface area contributed by atoms with Crippen LogP contribution in [0.1, 0.15) is 22.3 Å². The van der Waals surface area contributed by atoms with Gasteiger partial charge in [-0.15, -0.1) is 11.3 Å². The maximum Gasteiger partial charge on any atom is 0.328 e. The van der Waals surface area contributed by atoms with Crippen LogP contribution in [0.2, 0.25) is 0 Å². The third-order valence-electron chi connectivity index (χ3n) is 3.70. The molecule has 2 aromatic carbocycles. The molecule has 1 N–H and O–H groups in total. The molecule has 27 heavy (non-hydrogen) atoms. The van der Waals surface area contributed by atoms with Crippen LogP contribution in [0.5, 0.6) is 0 Å². The second-order valence-corrected chi connectivity index (χ2v) is 6.80. The highest BCUT2D eigenvalue weighted by Gasteiger charge is 2.20. The van der Waals surface area contributed by atoms with E-state index in [-0.39, 0.29) is 17.9 Å². The molecule has 0 aliphatic heterocycles. The van der Waals surface area contributed by atoms with E-state index in [1.165, 1.54) is 36.5 Å². The number of carbonyl (C=O) groups excluding carboxylic acids is 2. The zero-order chi connectivity index (χ0) is 19.4. The van der Waals surface area contributed by atoms with E-state index in [1.54, 1.807) is 0 Å². The van der Waals surface area contributed by atoms with Gasteiger partial charge in [-0.3, -0.25) is 14.9 Å². The van der Waals surface area contributed by atoms with E-state index in [4.69, 9.17) is 4.74 Å². The fourth-order valence-corrected chi connectivity index (χ4v) is 3.22. The number of esters is 1. The van der Waals surface area contributed by atoms with Crippen LogP contribution in [0.4, 0.5) is 5.69 Å². The number of thiazole rings is 1. The summed E-state index contributed by atoms with van der Waals surface area (Å²) >= 11 is 1.43. The highest BCUT2D eigenvalue weighted by atomic mass is 32.1. The number of hydrogen-bond acceptors (Lipinski definition) is 7. The fourth-order valence-electron chi connectivity index (χ4n) is 2.34. The van der Waals surface area contributed by atoms with Gasteiger partial charge in [0.2, 0.25) is 0 Å². The first kappa shape index (κ1) is 18.5. The van der Waals surface area contributed by atoms with Crippen molar-refractivity contribution >= 4 is 39.1 Å². The van der Waals surface area contributed by atoms with E-state index < -0.39 is 22.8 Å². The topological polar surface area (TPSA) is 111 Å². The van der Waals surface area contributed by atoms with Crippen LogP contribution in [-0.4, -0.2) is 27.8 Å². The summed E-state index contributed by atoms with van der Waals surface area (Å²) in [7, 11) is 0. The number of nitrogens with one attached hydrogen (secondary N) is 1. The van der Waals surface area contributed by atoms with Crippen LogP contribution in [0.3, 0.4) is 0 Å². The summed E-state index contributed by atoms with van der Waals surface area (Å²) in [6.45, 7) is 1.49. The van der Waals surface area contributed by atoms with Gasteiger partial charge in [-0.25, -0.2) is 9.78 Å². The van der Waals surface area contributed by atoms with Crippen LogP contribution in [0.25, 0.3) is 10.2 Å². The van der Waals surface area contributed by atoms with Gasteiger partial charge >= 0.3 is 5.97 Å². The second kappa shape index (κ2) is 7.92. The number of non-ortho nitro benzene ring substituents is 1. The monoisotopic (exact) mass is 385 g/mol. The Labute approximate surface area is 157 Å². The van der Waals surface area contributed by atoms with E-state index >= 15 is 0 Å². The van der Waals surface area contributed by atoms with Crippen molar-refractivity contribution in [3.05, 3.63) is 69.2 Å². The standard InChI is InChI=1S/C18H15N3O5S/c1-11(19-17(22)12-5-4-6-13(9-12)21(24)25)18(23)26-10-16-20-14-7-2-3-8-15(14)27-16/h2-9,11H,10H2,1H3,(H,19,22)/t11-/m0/s1. The fraction of sp³-hybridized carbons (Fsp3) is 0.167. The van der Waals surface area contributed by atoms with Gasteiger partial charge in [-0.05, 0) is 25.1 Å². The van der Waals surface area contributed by atoms with Gasteiger partial charge < -0.3 is 10.1 Å². The lowest BCUT2D eigenvalue weighted by atomic mass is 10.2. The first-order chi connectivity index (χ1) is 12.9. The van der Waals surface area contributed by atoms with Crippen molar-refractivity contribution in [3.8, 4) is 0 Å². The van der Waals surface area contributed by atoms with Gasteiger partial charge in [0.25, 0.3) is 11.6 Å². The van der Waals surface area contributed by atoms with Gasteiger partial charge in [0, 0.05) is 17.7 Å². The summed E-state index contributed by atoms with van der Waals surface area (Å²) in [4.78, 5) is 38.8. The molecule has 9 heteroatoms. The first-order valence-electron chi connectivity index (χ1n) is 8.00. The zero-order valence-corrected chi connectivity index (χ0v) is 15.1. The van der Waals surface area contributed by atoms with Crippen molar-refractivity contribution in [3.63, 3.8) is 0 Å². The van der Waals surface area contributed by atoms with Crippen LogP contribution < -0.4 is 5.32 Å². The molecular formula is C18H15N3O5S. The normalized spacial score (nSPS) is 11.7. The third kappa shape index (κ3) is 4.45. The number of ether oxygens (including phenoxy) is 1. The molecule has 138 valence electrons. The summed E-state index contributed by atoms with van der Waals surface area (Å²) < 4.78 is 6.20. The van der Waals surface area contributed by atoms with Crippen LogP contribution in [-0.2, 0) is 16.1 Å². The van der Waals surface area contributed by atoms with Crippen LogP contribution in [0.15, 0.2) is 48.5 Å². The van der Waals surface area contributed by atoms with Gasteiger partial charge in [0.05, 0.1) is 15.1 Å². The molecule has 3 aromatic rings. The Bertz CT molecular complexity index is 984. The lowest BCUT2D eigenvalue weighted by Gasteiger charge is -2.12. The number of amides is 1. The second-order valence-electron chi connectivity index (χ2n) is 5.69. The summed E-state index contributed by atoms with van der Waals surface area (Å²) in [6.07, 6.45) is 0. The number of hydrogen-bond donors (Lipinski definition) is 1. The third-order valence-corrected chi connectivity index (χ3v) is 4.71. The van der Waals surface area contributed by atoms with Crippen LogP contribution in [0, 0.1) is 10.1 Å².